The van der Waals surface area contributed by atoms with Crippen LogP contribution in [0.1, 0.15) is 122 Å². The highest BCUT2D eigenvalue weighted by Crippen LogP contribution is 2.59. The second-order valence-corrected chi connectivity index (χ2v) is 22.7. The van der Waals surface area contributed by atoms with Gasteiger partial charge in [-0.2, -0.15) is 0 Å². The van der Waals surface area contributed by atoms with Gasteiger partial charge in [-0.15, -0.1) is 0 Å². The lowest BCUT2D eigenvalue weighted by molar-refractivity contribution is 0.730. The first-order chi connectivity index (χ1) is 36.2. The van der Waals surface area contributed by atoms with Crippen LogP contribution < -0.4 is 14.7 Å². The molecule has 0 bridgehead atoms. The Morgan fingerprint density at radius 2 is 0.658 bits per heavy atom. The van der Waals surface area contributed by atoms with Crippen molar-refractivity contribution in [2.24, 2.45) is 0 Å². The molecule has 9 aromatic carbocycles. The fourth-order valence-electron chi connectivity index (χ4n) is 13.1. The molecule has 0 fully saturated rings. The zero-order valence-electron chi connectivity index (χ0n) is 48.6. The molecule has 0 aromatic heterocycles. The van der Waals surface area contributed by atoms with E-state index < -0.39 is 5.41 Å². The van der Waals surface area contributed by atoms with E-state index >= 15 is 0 Å². The third-order valence-corrected chi connectivity index (χ3v) is 17.9. The highest BCUT2D eigenvalue weighted by Gasteiger charge is 2.47. The van der Waals surface area contributed by atoms with Gasteiger partial charge in [0.1, 0.15) is 0 Å². The van der Waals surface area contributed by atoms with Gasteiger partial charge in [-0.1, -0.05) is 102 Å². The summed E-state index contributed by atoms with van der Waals surface area (Å²) >= 11 is 0. The van der Waals surface area contributed by atoms with E-state index in [9.17, 15) is 0 Å². The number of rotatable bonds is 9. The van der Waals surface area contributed by atoms with Crippen LogP contribution in [-0.2, 0) is 5.41 Å². The zero-order valence-corrected chi connectivity index (χ0v) is 48.6. The van der Waals surface area contributed by atoms with Gasteiger partial charge >= 0.3 is 0 Å². The van der Waals surface area contributed by atoms with Crippen LogP contribution in [0.4, 0.5) is 51.2 Å². The molecule has 0 N–H and O–H groups in total. The minimum Gasteiger partial charge on any atom is -0.310 e. The highest BCUT2D eigenvalue weighted by molar-refractivity contribution is 5.92. The van der Waals surface area contributed by atoms with E-state index in [0.717, 1.165) is 22.7 Å². The van der Waals surface area contributed by atoms with Crippen LogP contribution in [0.3, 0.4) is 0 Å². The number of fused-ring (bicyclic) bond motifs is 2. The standard InChI is InChI=1S/C73H77N3/c1-42-29-32-62(33-30-42)74-67-28-20-19-27-65(67)73(66-35-43(2)31-34-68(66)74,60-23-21-25-63(40-60)75(69-48(7)36-44(3)52(11)56(69)15)70-49(8)37-45(4)53(12)57(70)16)61-24-22-26-64(41-61)76(71-50(9)38-46(5)54(13)58(71)17)72-51(10)39-47(6)55(14)59(72)18/h19-41H,1-18H3. The predicted octanol–water partition coefficient (Wildman–Crippen LogP) is 20.3. The third kappa shape index (κ3) is 8.17. The summed E-state index contributed by atoms with van der Waals surface area (Å²) in [6.07, 6.45) is 0. The topological polar surface area (TPSA) is 9.72 Å². The van der Waals surface area contributed by atoms with Crippen molar-refractivity contribution in [1.29, 1.82) is 0 Å². The van der Waals surface area contributed by atoms with Gasteiger partial charge in [-0.3, -0.25) is 0 Å². The highest BCUT2D eigenvalue weighted by atomic mass is 15.2. The predicted molar refractivity (Wildman–Crippen MR) is 328 cm³/mol. The fourth-order valence-corrected chi connectivity index (χ4v) is 13.1. The van der Waals surface area contributed by atoms with Crippen LogP contribution in [0.25, 0.3) is 0 Å². The summed E-state index contributed by atoms with van der Waals surface area (Å²) in [5.74, 6) is 0. The zero-order chi connectivity index (χ0) is 54.4. The van der Waals surface area contributed by atoms with Crippen molar-refractivity contribution in [3.8, 4) is 0 Å². The molecule has 1 aliphatic rings. The van der Waals surface area contributed by atoms with Gasteiger partial charge in [0.25, 0.3) is 0 Å². The smallest absolute Gasteiger partial charge is 0.0743 e. The number of hydrogen-bond acceptors (Lipinski definition) is 3. The summed E-state index contributed by atoms with van der Waals surface area (Å²) in [5.41, 5.74) is 38.0. The molecule has 0 saturated heterocycles. The van der Waals surface area contributed by atoms with E-state index in [1.54, 1.807) is 0 Å². The van der Waals surface area contributed by atoms with Crippen molar-refractivity contribution in [1.82, 2.24) is 0 Å². The summed E-state index contributed by atoms with van der Waals surface area (Å²) in [5, 5.41) is 0. The van der Waals surface area contributed by atoms with Crippen molar-refractivity contribution in [2.45, 2.75) is 130 Å². The van der Waals surface area contributed by atoms with Crippen molar-refractivity contribution in [3.05, 3.63) is 262 Å². The Bertz CT molecular complexity index is 3510. The molecule has 0 atom stereocenters. The third-order valence-electron chi connectivity index (χ3n) is 17.9. The lowest BCUT2D eigenvalue weighted by atomic mass is 9.62. The maximum absolute atomic E-state index is 2.60. The average molecular weight is 996 g/mol. The van der Waals surface area contributed by atoms with Crippen LogP contribution in [0.15, 0.2) is 140 Å². The average Bonchev–Trinajstić information content (AvgIpc) is 3.53. The van der Waals surface area contributed by atoms with E-state index in [0.29, 0.717) is 0 Å². The summed E-state index contributed by atoms with van der Waals surface area (Å²) in [4.78, 5) is 7.70. The Labute approximate surface area is 455 Å². The first-order valence-corrected chi connectivity index (χ1v) is 27.4. The molecular formula is C73H77N3. The number of hydrogen-bond donors (Lipinski definition) is 0. The molecular weight excluding hydrogens is 919 g/mol. The Hall–Kier alpha value is -7.62. The maximum Gasteiger partial charge on any atom is 0.0743 e. The van der Waals surface area contributed by atoms with Gasteiger partial charge in [-0.05, 0) is 284 Å². The SMILES string of the molecule is Cc1ccc(N2c3ccccc3C(c3cccc(N(c4c(C)cc(C)c(C)c4C)c4c(C)cc(C)c(C)c4C)c3)(c3cccc(N(c4c(C)cc(C)c(C)c4C)c4c(C)cc(C)c(C)c4C)c3)c3cc(C)ccc32)cc1. The minimum absolute atomic E-state index is 0.802. The van der Waals surface area contributed by atoms with Crippen molar-refractivity contribution in [3.63, 3.8) is 0 Å². The maximum atomic E-state index is 2.60. The van der Waals surface area contributed by atoms with Crippen LogP contribution >= 0.6 is 0 Å². The molecule has 0 unspecified atom stereocenters. The monoisotopic (exact) mass is 996 g/mol. The summed E-state index contributed by atoms with van der Waals surface area (Å²) in [6, 6.07) is 54.1. The van der Waals surface area contributed by atoms with Gasteiger partial charge in [-0.25, -0.2) is 0 Å². The van der Waals surface area contributed by atoms with Crippen LogP contribution in [0.2, 0.25) is 0 Å². The van der Waals surface area contributed by atoms with Crippen LogP contribution in [0, 0.1) is 125 Å². The molecule has 1 aliphatic heterocycles. The molecule has 76 heavy (non-hydrogen) atoms. The van der Waals surface area contributed by atoms with E-state index in [4.69, 9.17) is 0 Å². The number of aryl methyl sites for hydroxylation is 10. The molecule has 0 spiro atoms. The molecule has 0 amide bonds. The number of para-hydroxylation sites is 1. The molecule has 0 aliphatic carbocycles. The van der Waals surface area contributed by atoms with E-state index in [1.807, 2.05) is 0 Å². The second-order valence-electron chi connectivity index (χ2n) is 22.7. The van der Waals surface area contributed by atoms with Crippen LogP contribution in [0.5, 0.6) is 0 Å². The van der Waals surface area contributed by atoms with Gasteiger partial charge < -0.3 is 14.7 Å². The Balaban J connectivity index is 1.36. The molecule has 3 nitrogen and oxygen atoms in total. The minimum atomic E-state index is -0.802. The van der Waals surface area contributed by atoms with Crippen molar-refractivity contribution < 1.29 is 0 Å². The van der Waals surface area contributed by atoms with Crippen molar-refractivity contribution in [2.75, 3.05) is 14.7 Å². The molecule has 3 heteroatoms. The second kappa shape index (κ2) is 19.5. The Kier molecular flexibility index (Phi) is 13.3. The fraction of sp³-hybridized carbons (Fsp3) is 0.260. The summed E-state index contributed by atoms with van der Waals surface area (Å²) in [6.45, 7) is 41.0. The van der Waals surface area contributed by atoms with Gasteiger partial charge in [0.05, 0.1) is 39.5 Å². The normalized spacial score (nSPS) is 12.7. The Morgan fingerprint density at radius 3 is 1.07 bits per heavy atom. The van der Waals surface area contributed by atoms with Gasteiger partial charge in [0, 0.05) is 17.1 Å². The van der Waals surface area contributed by atoms with Gasteiger partial charge in [0.15, 0.2) is 0 Å². The van der Waals surface area contributed by atoms with Crippen LogP contribution in [-0.4, -0.2) is 0 Å². The van der Waals surface area contributed by atoms with Gasteiger partial charge in [0.2, 0.25) is 0 Å². The number of anilines is 9. The van der Waals surface area contributed by atoms with E-state index in [2.05, 4.69) is 279 Å². The summed E-state index contributed by atoms with van der Waals surface area (Å²) in [7, 11) is 0. The lowest BCUT2D eigenvalue weighted by Gasteiger charge is -2.47. The molecule has 0 radical (unpaired) electrons. The summed E-state index contributed by atoms with van der Waals surface area (Å²) < 4.78 is 0. The number of benzene rings is 9. The lowest BCUT2D eigenvalue weighted by Crippen LogP contribution is -2.38. The first-order valence-electron chi connectivity index (χ1n) is 27.4. The largest absolute Gasteiger partial charge is 0.310 e. The number of nitrogens with zero attached hydrogens (tertiary/aromatic N) is 3. The molecule has 9 aromatic rings. The first kappa shape index (κ1) is 51.8. The Morgan fingerprint density at radius 1 is 0.289 bits per heavy atom. The van der Waals surface area contributed by atoms with E-state index in [1.165, 1.54) is 151 Å². The molecule has 0 saturated carbocycles. The molecule has 1 heterocycles. The van der Waals surface area contributed by atoms with Crippen molar-refractivity contribution >= 4 is 51.2 Å². The quantitative estimate of drug-likeness (QED) is 0.143. The molecule has 384 valence electrons. The molecule has 10 rings (SSSR count). The van der Waals surface area contributed by atoms with E-state index in [-0.39, 0.29) is 0 Å².